The molecule has 0 spiro atoms. The third-order valence-electron chi connectivity index (χ3n) is 3.61. The highest BCUT2D eigenvalue weighted by Crippen LogP contribution is 2.34. The maximum absolute atomic E-state index is 11.7. The topological polar surface area (TPSA) is 61.8 Å². The summed E-state index contributed by atoms with van der Waals surface area (Å²) in [5.74, 6) is 0.233. The third kappa shape index (κ3) is 3.87. The first-order valence-electron chi connectivity index (χ1n) is 7.28. The van der Waals surface area contributed by atoms with Crippen molar-refractivity contribution in [2.45, 2.75) is 38.7 Å². The molecule has 0 aromatic heterocycles. The van der Waals surface area contributed by atoms with Gasteiger partial charge in [0.05, 0.1) is 18.8 Å². The monoisotopic (exact) mass is 304 g/mol. The van der Waals surface area contributed by atoms with Crippen LogP contribution in [0.15, 0.2) is 30.4 Å². The molecular weight excluding hydrogens is 284 g/mol. The Labute approximate surface area is 129 Å². The Hall–Kier alpha value is -2.30. The van der Waals surface area contributed by atoms with Gasteiger partial charge in [-0.2, -0.15) is 0 Å². The Balaban J connectivity index is 2.13. The molecule has 0 bridgehead atoms. The van der Waals surface area contributed by atoms with Crippen molar-refractivity contribution in [2.24, 2.45) is 0 Å². The van der Waals surface area contributed by atoms with Gasteiger partial charge in [-0.15, -0.1) is 0 Å². The minimum atomic E-state index is -0.760. The van der Waals surface area contributed by atoms with E-state index in [1.807, 2.05) is 0 Å². The number of ether oxygens (including phenoxy) is 3. The number of carbonyl (C=O) groups excluding carboxylic acids is 2. The second-order valence-corrected chi connectivity index (χ2v) is 5.26. The lowest BCUT2D eigenvalue weighted by Gasteiger charge is -2.16. The first kappa shape index (κ1) is 16.1. The predicted octanol–water partition coefficient (Wildman–Crippen LogP) is 3.07. The van der Waals surface area contributed by atoms with Crippen LogP contribution in [0.4, 0.5) is 0 Å². The molecule has 1 saturated carbocycles. The number of rotatable bonds is 6. The number of ketones is 1. The number of methoxy groups -OCH3 is 1. The molecule has 0 heterocycles. The zero-order valence-corrected chi connectivity index (χ0v) is 12.9. The largest absolute Gasteiger partial charge is 0.493 e. The van der Waals surface area contributed by atoms with Crippen molar-refractivity contribution in [1.29, 1.82) is 0 Å². The van der Waals surface area contributed by atoms with Crippen LogP contribution in [0.25, 0.3) is 0 Å². The van der Waals surface area contributed by atoms with E-state index in [1.54, 1.807) is 25.3 Å². The second kappa shape index (κ2) is 7.11. The molecule has 0 atom stereocenters. The molecule has 5 heteroatoms. The van der Waals surface area contributed by atoms with Crippen LogP contribution in [0.1, 0.15) is 32.6 Å². The highest BCUT2D eigenvalue weighted by molar-refractivity contribution is 6.16. The van der Waals surface area contributed by atoms with Crippen LogP contribution in [0.2, 0.25) is 0 Å². The van der Waals surface area contributed by atoms with Crippen LogP contribution in [-0.2, 0) is 9.59 Å². The summed E-state index contributed by atoms with van der Waals surface area (Å²) in [6.45, 7) is 4.68. The lowest BCUT2D eigenvalue weighted by atomic mass is 10.2. The van der Waals surface area contributed by atoms with E-state index in [9.17, 15) is 9.59 Å². The lowest BCUT2D eigenvalue weighted by molar-refractivity contribution is -0.132. The third-order valence-corrected chi connectivity index (χ3v) is 3.61. The summed E-state index contributed by atoms with van der Waals surface area (Å²) < 4.78 is 16.3. The quantitative estimate of drug-likeness (QED) is 0.266. The molecule has 22 heavy (non-hydrogen) atoms. The van der Waals surface area contributed by atoms with E-state index in [1.165, 1.54) is 6.92 Å². The Kier molecular flexibility index (Phi) is 5.20. The number of Topliss-reactive ketones (excluding diaryl/α,β-unsaturated/α-hetero) is 1. The van der Waals surface area contributed by atoms with Crippen molar-refractivity contribution in [2.75, 3.05) is 7.11 Å². The minimum absolute atomic E-state index is 0.159. The fourth-order valence-electron chi connectivity index (χ4n) is 2.31. The average molecular weight is 304 g/mol. The zero-order chi connectivity index (χ0) is 16.1. The Bertz CT molecular complexity index is 585. The molecule has 1 aromatic rings. The van der Waals surface area contributed by atoms with Gasteiger partial charge < -0.3 is 14.2 Å². The fourth-order valence-corrected chi connectivity index (χ4v) is 2.31. The van der Waals surface area contributed by atoms with Gasteiger partial charge in [0.25, 0.3) is 0 Å². The average Bonchev–Trinajstić information content (AvgIpc) is 2.99. The van der Waals surface area contributed by atoms with Gasteiger partial charge in [0, 0.05) is 6.07 Å². The van der Waals surface area contributed by atoms with E-state index < -0.39 is 11.8 Å². The molecule has 1 aliphatic rings. The van der Waals surface area contributed by atoms with Crippen molar-refractivity contribution in [1.82, 2.24) is 0 Å². The summed E-state index contributed by atoms with van der Waals surface area (Å²) in [6.07, 6.45) is 4.48. The molecule has 2 rings (SSSR count). The molecule has 0 unspecified atom stereocenters. The zero-order valence-electron chi connectivity index (χ0n) is 12.9. The summed E-state index contributed by atoms with van der Waals surface area (Å²) in [5.41, 5.74) is -0.186. The van der Waals surface area contributed by atoms with Gasteiger partial charge in [-0.1, -0.05) is 6.58 Å². The predicted molar refractivity (Wildman–Crippen MR) is 81.3 cm³/mol. The first-order chi connectivity index (χ1) is 10.5. The number of esters is 1. The van der Waals surface area contributed by atoms with Gasteiger partial charge in [0.15, 0.2) is 17.3 Å². The van der Waals surface area contributed by atoms with E-state index >= 15 is 0 Å². The minimum Gasteiger partial charge on any atom is -0.493 e. The summed E-state index contributed by atoms with van der Waals surface area (Å²) in [5, 5.41) is 0. The van der Waals surface area contributed by atoms with Crippen molar-refractivity contribution in [3.05, 3.63) is 30.4 Å². The van der Waals surface area contributed by atoms with Crippen molar-refractivity contribution >= 4 is 11.8 Å². The number of hydrogen-bond donors (Lipinski definition) is 0. The lowest BCUT2D eigenvalue weighted by Crippen LogP contribution is -2.16. The van der Waals surface area contributed by atoms with E-state index in [2.05, 4.69) is 6.58 Å². The summed E-state index contributed by atoms with van der Waals surface area (Å²) in [4.78, 5) is 22.9. The maximum atomic E-state index is 11.7. The molecule has 0 N–H and O–H groups in total. The number of carbonyl (C=O) groups is 2. The van der Waals surface area contributed by atoms with Crippen LogP contribution < -0.4 is 14.2 Å². The molecule has 1 fully saturated rings. The maximum Gasteiger partial charge on any atom is 0.346 e. The highest BCUT2D eigenvalue weighted by Gasteiger charge is 2.20. The molecule has 5 nitrogen and oxygen atoms in total. The van der Waals surface area contributed by atoms with Gasteiger partial charge in [-0.25, -0.2) is 4.79 Å². The second-order valence-electron chi connectivity index (χ2n) is 5.26. The van der Waals surface area contributed by atoms with Crippen LogP contribution in [0.3, 0.4) is 0 Å². The summed E-state index contributed by atoms with van der Waals surface area (Å²) in [7, 11) is 1.56. The van der Waals surface area contributed by atoms with Gasteiger partial charge >= 0.3 is 5.97 Å². The van der Waals surface area contributed by atoms with Gasteiger partial charge in [0.2, 0.25) is 0 Å². The van der Waals surface area contributed by atoms with Crippen molar-refractivity contribution < 1.29 is 23.8 Å². The van der Waals surface area contributed by atoms with Gasteiger partial charge in [-0.05, 0) is 44.7 Å². The molecule has 1 aliphatic carbocycles. The Morgan fingerprint density at radius 1 is 1.18 bits per heavy atom. The molecule has 118 valence electrons. The van der Waals surface area contributed by atoms with E-state index in [-0.39, 0.29) is 11.7 Å². The SMILES string of the molecule is C=C(C(C)=O)C(=O)Oc1ccc(OC)c(OC2CCCC2)c1. The Morgan fingerprint density at radius 3 is 2.45 bits per heavy atom. The van der Waals surface area contributed by atoms with Gasteiger partial charge in [-0.3, -0.25) is 4.79 Å². The molecule has 0 saturated heterocycles. The molecule has 0 amide bonds. The molecule has 0 aliphatic heterocycles. The van der Waals surface area contributed by atoms with Crippen molar-refractivity contribution in [3.63, 3.8) is 0 Å². The van der Waals surface area contributed by atoms with Crippen molar-refractivity contribution in [3.8, 4) is 17.2 Å². The van der Waals surface area contributed by atoms with Crippen LogP contribution in [0, 0.1) is 0 Å². The summed E-state index contributed by atoms with van der Waals surface area (Å²) in [6, 6.07) is 4.86. The van der Waals surface area contributed by atoms with Crippen LogP contribution in [0.5, 0.6) is 17.2 Å². The fraction of sp³-hybridized carbons (Fsp3) is 0.412. The van der Waals surface area contributed by atoms with Crippen LogP contribution in [-0.4, -0.2) is 25.0 Å². The normalized spacial score (nSPS) is 14.5. The molecule has 1 aromatic carbocycles. The summed E-state index contributed by atoms with van der Waals surface area (Å²) >= 11 is 0. The van der Waals surface area contributed by atoms with E-state index in [4.69, 9.17) is 14.2 Å². The molecular formula is C17H20O5. The number of benzene rings is 1. The first-order valence-corrected chi connectivity index (χ1v) is 7.28. The number of hydrogen-bond acceptors (Lipinski definition) is 5. The Morgan fingerprint density at radius 2 is 1.86 bits per heavy atom. The molecule has 0 radical (unpaired) electrons. The van der Waals surface area contributed by atoms with Crippen LogP contribution >= 0.6 is 0 Å². The van der Waals surface area contributed by atoms with Gasteiger partial charge in [0.1, 0.15) is 5.75 Å². The standard InChI is InChI=1S/C17H20O5/c1-11(12(2)18)17(19)22-14-8-9-15(20-3)16(10-14)21-13-6-4-5-7-13/h8-10,13H,1,4-7H2,2-3H3. The highest BCUT2D eigenvalue weighted by atomic mass is 16.5. The smallest absolute Gasteiger partial charge is 0.346 e. The van der Waals surface area contributed by atoms with E-state index in [0.717, 1.165) is 25.7 Å². The van der Waals surface area contributed by atoms with E-state index in [0.29, 0.717) is 17.2 Å².